The third-order valence-electron chi connectivity index (χ3n) is 3.85. The summed E-state index contributed by atoms with van der Waals surface area (Å²) in [5, 5.41) is 5.33. The van der Waals surface area contributed by atoms with Crippen LogP contribution in [0.15, 0.2) is 17.5 Å². The maximum absolute atomic E-state index is 12.3. The second kappa shape index (κ2) is 9.70. The number of carbonyl (C=O) groups excluding carboxylic acids is 1. The number of hydrogen-bond donors (Lipinski definition) is 1. The smallest absolute Gasteiger partial charge is 0.253 e. The molecule has 0 aliphatic carbocycles. The maximum atomic E-state index is 12.3. The molecule has 2 saturated heterocycles. The van der Waals surface area contributed by atoms with Gasteiger partial charge in [-0.15, -0.1) is 36.2 Å². The van der Waals surface area contributed by atoms with Crippen molar-refractivity contribution in [3.05, 3.63) is 22.4 Å². The molecular weight excluding hydrogens is 345 g/mol. The molecule has 3 rings (SSSR count). The lowest BCUT2D eigenvalue weighted by Crippen LogP contribution is -2.54. The van der Waals surface area contributed by atoms with Gasteiger partial charge in [0.15, 0.2) is 0 Å². The Kier molecular flexibility index (Phi) is 8.67. The van der Waals surface area contributed by atoms with Crippen LogP contribution in [-0.2, 0) is 16.1 Å². The van der Waals surface area contributed by atoms with E-state index in [1.54, 1.807) is 11.3 Å². The molecule has 3 heterocycles. The lowest BCUT2D eigenvalue weighted by molar-refractivity contribution is -0.147. The summed E-state index contributed by atoms with van der Waals surface area (Å²) < 4.78 is 5.54. The summed E-state index contributed by atoms with van der Waals surface area (Å²) in [6.45, 7) is 6.64. The molecule has 1 aromatic rings. The molecule has 0 aromatic carbocycles. The maximum Gasteiger partial charge on any atom is 0.253 e. The summed E-state index contributed by atoms with van der Waals surface area (Å²) in [6, 6.07) is 4.26. The van der Waals surface area contributed by atoms with E-state index in [9.17, 15) is 4.79 Å². The Bertz CT molecular complexity index is 433. The number of rotatable bonds is 3. The average Bonchev–Trinajstić information content (AvgIpc) is 3.01. The molecule has 2 aliphatic heterocycles. The van der Waals surface area contributed by atoms with Crippen LogP contribution in [0.25, 0.3) is 0 Å². The molecule has 0 bridgehead atoms. The first-order valence-corrected chi connectivity index (χ1v) is 8.07. The molecule has 126 valence electrons. The van der Waals surface area contributed by atoms with E-state index in [1.165, 1.54) is 4.88 Å². The number of nitrogens with one attached hydrogen (secondary N) is 1. The molecule has 0 radical (unpaired) electrons. The second-order valence-corrected chi connectivity index (χ2v) is 6.28. The number of amides is 1. The number of nitrogens with zero attached hydrogens (tertiary/aromatic N) is 2. The largest absolute Gasteiger partial charge is 0.366 e. The van der Waals surface area contributed by atoms with E-state index in [2.05, 4.69) is 27.7 Å². The number of carbonyl (C=O) groups is 1. The van der Waals surface area contributed by atoms with Crippen molar-refractivity contribution in [1.82, 2.24) is 15.1 Å². The molecule has 5 nitrogen and oxygen atoms in total. The van der Waals surface area contributed by atoms with Gasteiger partial charge in [0.2, 0.25) is 0 Å². The summed E-state index contributed by atoms with van der Waals surface area (Å²) in [7, 11) is 0. The van der Waals surface area contributed by atoms with Crippen molar-refractivity contribution in [1.29, 1.82) is 0 Å². The Morgan fingerprint density at radius 2 is 2.09 bits per heavy atom. The number of halogens is 2. The van der Waals surface area contributed by atoms with Crippen molar-refractivity contribution in [2.24, 2.45) is 0 Å². The fourth-order valence-electron chi connectivity index (χ4n) is 2.68. The molecule has 2 aliphatic rings. The molecule has 2 fully saturated rings. The zero-order valence-electron chi connectivity index (χ0n) is 12.4. The van der Waals surface area contributed by atoms with Crippen molar-refractivity contribution in [3.63, 3.8) is 0 Å². The summed E-state index contributed by atoms with van der Waals surface area (Å²) in [6.07, 6.45) is -0.285. The number of thiophene rings is 1. The highest BCUT2D eigenvalue weighted by molar-refractivity contribution is 7.09. The predicted molar refractivity (Wildman–Crippen MR) is 93.3 cm³/mol. The van der Waals surface area contributed by atoms with Gasteiger partial charge >= 0.3 is 0 Å². The molecule has 1 aromatic heterocycles. The first-order valence-electron chi connectivity index (χ1n) is 7.19. The van der Waals surface area contributed by atoms with Crippen LogP contribution >= 0.6 is 36.2 Å². The monoisotopic (exact) mass is 367 g/mol. The Balaban J connectivity index is 0.00000121. The Labute approximate surface area is 147 Å². The van der Waals surface area contributed by atoms with Crippen LogP contribution in [-0.4, -0.2) is 67.7 Å². The molecule has 22 heavy (non-hydrogen) atoms. The van der Waals surface area contributed by atoms with Gasteiger partial charge in [-0.1, -0.05) is 6.07 Å². The highest BCUT2D eigenvalue weighted by Crippen LogP contribution is 2.14. The van der Waals surface area contributed by atoms with Crippen molar-refractivity contribution < 1.29 is 9.53 Å². The minimum atomic E-state index is -0.285. The van der Waals surface area contributed by atoms with Crippen LogP contribution in [0.4, 0.5) is 0 Å². The third kappa shape index (κ3) is 5.08. The highest BCUT2D eigenvalue weighted by atomic mass is 35.5. The molecule has 8 heteroatoms. The SMILES string of the molecule is Cl.Cl.O=C(C1CNCCO1)N1CCN(Cc2cccs2)CC1. The van der Waals surface area contributed by atoms with Crippen molar-refractivity contribution in [2.45, 2.75) is 12.6 Å². The number of ether oxygens (including phenoxy) is 1. The van der Waals surface area contributed by atoms with Crippen LogP contribution in [0.3, 0.4) is 0 Å². The van der Waals surface area contributed by atoms with E-state index in [1.807, 2.05) is 4.90 Å². The fraction of sp³-hybridized carbons (Fsp3) is 0.643. The molecular formula is C14H23Cl2N3O2S. The zero-order valence-corrected chi connectivity index (χ0v) is 14.9. The van der Waals surface area contributed by atoms with Gasteiger partial charge in [0.1, 0.15) is 6.10 Å². The van der Waals surface area contributed by atoms with E-state index >= 15 is 0 Å². The van der Waals surface area contributed by atoms with Gasteiger partial charge in [0.25, 0.3) is 5.91 Å². The van der Waals surface area contributed by atoms with Crippen LogP contribution < -0.4 is 5.32 Å². The Hall–Kier alpha value is -0.370. The fourth-order valence-corrected chi connectivity index (χ4v) is 3.42. The number of piperazine rings is 1. The summed E-state index contributed by atoms with van der Waals surface area (Å²) in [5.74, 6) is 0.146. The molecule has 1 N–H and O–H groups in total. The van der Waals surface area contributed by atoms with Gasteiger partial charge in [-0.05, 0) is 11.4 Å². The number of morpholine rings is 1. The topological polar surface area (TPSA) is 44.8 Å². The van der Waals surface area contributed by atoms with Gasteiger partial charge < -0.3 is 15.0 Å². The first kappa shape index (κ1) is 19.7. The van der Waals surface area contributed by atoms with Gasteiger partial charge in [-0.25, -0.2) is 0 Å². The van der Waals surface area contributed by atoms with Crippen LogP contribution in [0.2, 0.25) is 0 Å². The van der Waals surface area contributed by atoms with Gasteiger partial charge in [0, 0.05) is 50.7 Å². The molecule has 1 unspecified atom stereocenters. The van der Waals surface area contributed by atoms with E-state index in [0.29, 0.717) is 13.2 Å². The zero-order chi connectivity index (χ0) is 13.8. The summed E-state index contributed by atoms with van der Waals surface area (Å²) >= 11 is 1.80. The lowest BCUT2D eigenvalue weighted by Gasteiger charge is -2.36. The van der Waals surface area contributed by atoms with Crippen molar-refractivity contribution in [3.8, 4) is 0 Å². The van der Waals surface area contributed by atoms with Crippen LogP contribution in [0.1, 0.15) is 4.88 Å². The normalized spacial score (nSPS) is 22.5. The van der Waals surface area contributed by atoms with Crippen LogP contribution in [0.5, 0.6) is 0 Å². The van der Waals surface area contributed by atoms with E-state index in [4.69, 9.17) is 4.74 Å². The van der Waals surface area contributed by atoms with E-state index in [-0.39, 0.29) is 36.8 Å². The van der Waals surface area contributed by atoms with Gasteiger partial charge in [0.05, 0.1) is 6.61 Å². The molecule has 1 amide bonds. The average molecular weight is 368 g/mol. The lowest BCUT2D eigenvalue weighted by atomic mass is 10.2. The first-order chi connectivity index (χ1) is 9.83. The standard InChI is InChI=1S/C14H21N3O2S.2ClH/c18-14(13-10-15-3-8-19-13)17-6-4-16(5-7-17)11-12-2-1-9-20-12;;/h1-2,9,13,15H,3-8,10-11H2;2*1H. The number of hydrogen-bond acceptors (Lipinski definition) is 5. The second-order valence-electron chi connectivity index (χ2n) is 5.24. The molecule has 0 saturated carbocycles. The summed E-state index contributed by atoms with van der Waals surface area (Å²) in [4.78, 5) is 18.1. The molecule has 1 atom stereocenters. The van der Waals surface area contributed by atoms with Crippen LogP contribution in [0, 0.1) is 0 Å². The Morgan fingerprint density at radius 1 is 1.32 bits per heavy atom. The molecule has 0 spiro atoms. The quantitative estimate of drug-likeness (QED) is 0.872. The van der Waals surface area contributed by atoms with E-state index in [0.717, 1.165) is 39.3 Å². The Morgan fingerprint density at radius 3 is 2.68 bits per heavy atom. The summed E-state index contributed by atoms with van der Waals surface area (Å²) in [5.41, 5.74) is 0. The van der Waals surface area contributed by atoms with Crippen molar-refractivity contribution in [2.75, 3.05) is 45.9 Å². The van der Waals surface area contributed by atoms with Crippen molar-refractivity contribution >= 4 is 42.1 Å². The van der Waals surface area contributed by atoms with E-state index < -0.39 is 0 Å². The minimum absolute atomic E-state index is 0. The third-order valence-corrected chi connectivity index (χ3v) is 4.71. The predicted octanol–water partition coefficient (Wildman–Crippen LogP) is 1.22. The minimum Gasteiger partial charge on any atom is -0.366 e. The van der Waals surface area contributed by atoms with Gasteiger partial charge in [-0.3, -0.25) is 9.69 Å². The highest BCUT2D eigenvalue weighted by Gasteiger charge is 2.29. The van der Waals surface area contributed by atoms with Gasteiger partial charge in [-0.2, -0.15) is 0 Å².